The molecular weight excluding hydrogens is 600 g/mol. The fourth-order valence-corrected chi connectivity index (χ4v) is 5.60. The van der Waals surface area contributed by atoms with Crippen molar-refractivity contribution in [3.63, 3.8) is 0 Å². The van der Waals surface area contributed by atoms with Gasteiger partial charge in [-0.15, -0.1) is 0 Å². The maximum atomic E-state index is 12.0. The lowest BCUT2D eigenvalue weighted by Crippen LogP contribution is -2.25. The van der Waals surface area contributed by atoms with Gasteiger partial charge < -0.3 is 19.7 Å². The minimum Gasteiger partial charge on any atom is -0.463 e. The van der Waals surface area contributed by atoms with Crippen molar-refractivity contribution < 1.29 is 29.3 Å². The summed E-state index contributed by atoms with van der Waals surface area (Å²) in [4.78, 5) is 23.9. The molecule has 0 aromatic carbocycles. The van der Waals surface area contributed by atoms with Crippen LogP contribution in [0.25, 0.3) is 0 Å². The van der Waals surface area contributed by atoms with Crippen molar-refractivity contribution in [3.8, 4) is 0 Å². The van der Waals surface area contributed by atoms with Gasteiger partial charge in [0.15, 0.2) is 0 Å². The van der Waals surface area contributed by atoms with Gasteiger partial charge in [-0.05, 0) is 38.0 Å². The summed E-state index contributed by atoms with van der Waals surface area (Å²) < 4.78 is 10.3. The van der Waals surface area contributed by atoms with Gasteiger partial charge in [0.2, 0.25) is 0 Å². The lowest BCUT2D eigenvalue weighted by Gasteiger charge is -2.12. The molecule has 0 bridgehead atoms. The van der Waals surface area contributed by atoms with E-state index in [1.807, 2.05) is 18.2 Å². The number of aliphatic hydroxyl groups excluding tert-OH is 2. The normalized spacial score (nSPS) is 13.9. The van der Waals surface area contributed by atoms with Gasteiger partial charge in [0.05, 0.1) is 6.10 Å². The minimum atomic E-state index is -0.994. The number of esters is 2. The van der Waals surface area contributed by atoms with Crippen LogP contribution in [0.4, 0.5) is 0 Å². The maximum Gasteiger partial charge on any atom is 0.305 e. The predicted molar refractivity (Wildman–Crippen MR) is 202 cm³/mol. The zero-order valence-electron chi connectivity index (χ0n) is 31.5. The molecule has 3 atom stereocenters. The minimum absolute atomic E-state index is 0.141. The Bertz CT molecular complexity index is 804. The van der Waals surface area contributed by atoms with Crippen LogP contribution in [0.15, 0.2) is 36.5 Å². The Labute approximate surface area is 296 Å². The highest BCUT2D eigenvalue weighted by Gasteiger charge is 2.12. The fourth-order valence-electron chi connectivity index (χ4n) is 5.60. The number of hydrogen-bond donors (Lipinski definition) is 2. The summed E-state index contributed by atoms with van der Waals surface area (Å²) in [6.07, 6.45) is 39.3. The van der Waals surface area contributed by atoms with Gasteiger partial charge >= 0.3 is 11.9 Å². The molecule has 0 aliphatic carbocycles. The van der Waals surface area contributed by atoms with Crippen LogP contribution in [0, 0.1) is 5.92 Å². The van der Waals surface area contributed by atoms with Crippen LogP contribution in [0.5, 0.6) is 0 Å². The number of carbonyl (C=O) groups excluding carboxylic acids is 2. The number of hydrogen-bond acceptors (Lipinski definition) is 6. The van der Waals surface area contributed by atoms with Crippen molar-refractivity contribution >= 4 is 11.9 Å². The van der Waals surface area contributed by atoms with E-state index >= 15 is 0 Å². The van der Waals surface area contributed by atoms with Crippen LogP contribution in [0.3, 0.4) is 0 Å². The molecule has 6 heteroatoms. The first-order valence-corrected chi connectivity index (χ1v) is 20.0. The van der Waals surface area contributed by atoms with Crippen LogP contribution < -0.4 is 0 Å². The Hall–Kier alpha value is -1.92. The SMILES string of the molecule is CC/C=C/C/C=C/C=C/C(O)CCCCCCCC(=O)OC[C@@H](O)COC(=O)CCCCCCCCCCCCCCCCC(C)CC. The lowest BCUT2D eigenvalue weighted by molar-refractivity contribution is -0.152. The predicted octanol–water partition coefficient (Wildman–Crippen LogP) is 11.3. The van der Waals surface area contributed by atoms with Crippen LogP contribution in [0.2, 0.25) is 0 Å². The number of unbranched alkanes of at least 4 members (excludes halogenated alkanes) is 17. The quantitative estimate of drug-likeness (QED) is 0.0300. The highest BCUT2D eigenvalue weighted by molar-refractivity contribution is 5.69. The van der Waals surface area contributed by atoms with E-state index in [1.54, 1.807) is 0 Å². The molecule has 0 aliphatic rings. The first-order chi connectivity index (χ1) is 23.4. The van der Waals surface area contributed by atoms with E-state index in [1.165, 1.54) is 83.5 Å². The number of ether oxygens (including phenoxy) is 2. The fraction of sp³-hybridized carbons (Fsp3) is 0.810. The monoisotopic (exact) mass is 677 g/mol. The largest absolute Gasteiger partial charge is 0.463 e. The second-order valence-corrected chi connectivity index (χ2v) is 13.8. The molecule has 48 heavy (non-hydrogen) atoms. The number of carbonyl (C=O) groups is 2. The second-order valence-electron chi connectivity index (χ2n) is 13.8. The molecular formula is C42H76O6. The molecule has 0 saturated heterocycles. The van der Waals surface area contributed by atoms with Gasteiger partial charge in [-0.1, -0.05) is 179 Å². The molecule has 6 nitrogen and oxygen atoms in total. The Balaban J connectivity index is 3.50. The summed E-state index contributed by atoms with van der Waals surface area (Å²) >= 11 is 0. The third-order valence-corrected chi connectivity index (χ3v) is 9.03. The summed E-state index contributed by atoms with van der Waals surface area (Å²) in [5.41, 5.74) is 0. The summed E-state index contributed by atoms with van der Waals surface area (Å²) in [5, 5.41) is 20.0. The van der Waals surface area contributed by atoms with Crippen LogP contribution in [-0.4, -0.2) is 47.6 Å². The Morgan fingerprint density at radius 1 is 0.562 bits per heavy atom. The smallest absolute Gasteiger partial charge is 0.305 e. The van der Waals surface area contributed by atoms with Crippen molar-refractivity contribution in [3.05, 3.63) is 36.5 Å². The highest BCUT2D eigenvalue weighted by atomic mass is 16.6. The van der Waals surface area contributed by atoms with E-state index in [4.69, 9.17) is 9.47 Å². The first-order valence-electron chi connectivity index (χ1n) is 20.0. The average Bonchev–Trinajstić information content (AvgIpc) is 3.08. The third-order valence-electron chi connectivity index (χ3n) is 9.03. The number of rotatable bonds is 35. The zero-order chi connectivity index (χ0) is 35.3. The van der Waals surface area contributed by atoms with Gasteiger partial charge in [0, 0.05) is 12.8 Å². The van der Waals surface area contributed by atoms with Gasteiger partial charge in [0.25, 0.3) is 0 Å². The van der Waals surface area contributed by atoms with E-state index in [0.29, 0.717) is 12.8 Å². The van der Waals surface area contributed by atoms with Crippen molar-refractivity contribution in [1.82, 2.24) is 0 Å². The van der Waals surface area contributed by atoms with E-state index in [0.717, 1.165) is 76.5 Å². The standard InChI is InChI=1S/C42H76O6/c1-4-6-7-8-17-22-27-32-39(43)33-28-23-20-25-30-35-42(46)48-37-40(44)36-47-41(45)34-29-24-19-16-14-12-10-9-11-13-15-18-21-26-31-38(3)5-2/h6-7,17,22,27,32,38-40,43-44H,4-5,8-16,18-21,23-26,28-31,33-37H2,1-3H3/b7-6+,22-17+,32-27+/t38?,39?,40-/m0/s1. The van der Waals surface area contributed by atoms with E-state index in [2.05, 4.69) is 39.0 Å². The average molecular weight is 677 g/mol. The van der Waals surface area contributed by atoms with Gasteiger partial charge in [-0.3, -0.25) is 9.59 Å². The molecule has 0 rings (SSSR count). The second kappa shape index (κ2) is 36.4. The van der Waals surface area contributed by atoms with Crippen LogP contribution in [-0.2, 0) is 19.1 Å². The summed E-state index contributed by atoms with van der Waals surface area (Å²) in [7, 11) is 0. The summed E-state index contributed by atoms with van der Waals surface area (Å²) in [6, 6.07) is 0. The summed E-state index contributed by atoms with van der Waals surface area (Å²) in [5.74, 6) is 0.261. The van der Waals surface area contributed by atoms with E-state index < -0.39 is 12.2 Å². The molecule has 0 saturated carbocycles. The first kappa shape index (κ1) is 46.1. The molecule has 2 unspecified atom stereocenters. The molecule has 0 radical (unpaired) electrons. The maximum absolute atomic E-state index is 12.0. The van der Waals surface area contributed by atoms with Crippen molar-refractivity contribution in [2.75, 3.05) is 13.2 Å². The topological polar surface area (TPSA) is 93.1 Å². The molecule has 0 heterocycles. The van der Waals surface area contributed by atoms with Crippen LogP contribution >= 0.6 is 0 Å². The van der Waals surface area contributed by atoms with Crippen molar-refractivity contribution in [1.29, 1.82) is 0 Å². The Kier molecular flexibility index (Phi) is 34.9. The molecule has 0 amide bonds. The Morgan fingerprint density at radius 2 is 1.00 bits per heavy atom. The summed E-state index contributed by atoms with van der Waals surface area (Å²) in [6.45, 7) is 6.48. The lowest BCUT2D eigenvalue weighted by atomic mass is 9.99. The molecule has 0 spiro atoms. The van der Waals surface area contributed by atoms with Gasteiger partial charge in [0.1, 0.15) is 19.3 Å². The zero-order valence-corrected chi connectivity index (χ0v) is 31.5. The number of aliphatic hydroxyl groups is 2. The third kappa shape index (κ3) is 35.4. The highest BCUT2D eigenvalue weighted by Crippen LogP contribution is 2.16. The van der Waals surface area contributed by atoms with Gasteiger partial charge in [-0.25, -0.2) is 0 Å². The molecule has 0 aromatic rings. The van der Waals surface area contributed by atoms with Gasteiger partial charge in [-0.2, -0.15) is 0 Å². The van der Waals surface area contributed by atoms with E-state index in [-0.39, 0.29) is 25.2 Å². The van der Waals surface area contributed by atoms with Crippen molar-refractivity contribution in [2.45, 2.75) is 200 Å². The molecule has 0 aromatic heterocycles. The molecule has 280 valence electrons. The van der Waals surface area contributed by atoms with E-state index in [9.17, 15) is 19.8 Å². The van der Waals surface area contributed by atoms with Crippen LogP contribution in [0.1, 0.15) is 188 Å². The Morgan fingerprint density at radius 3 is 1.46 bits per heavy atom. The number of allylic oxidation sites excluding steroid dienone is 5. The molecule has 2 N–H and O–H groups in total. The van der Waals surface area contributed by atoms with Crippen molar-refractivity contribution in [2.24, 2.45) is 5.92 Å². The molecule has 0 aliphatic heterocycles. The molecule has 0 fully saturated rings.